The van der Waals surface area contributed by atoms with E-state index in [1.807, 2.05) is 0 Å². The third-order valence-electron chi connectivity index (χ3n) is 5.89. The van der Waals surface area contributed by atoms with Gasteiger partial charge in [-0.15, -0.1) is 0 Å². The largest absolute Gasteiger partial charge is 0.326 e. The first-order chi connectivity index (χ1) is 20.7. The Kier molecular flexibility index (Phi) is 9.54. The number of hydrogen-bond acceptors (Lipinski definition) is 10. The van der Waals surface area contributed by atoms with Crippen LogP contribution in [0.5, 0.6) is 0 Å². The molecule has 4 rings (SSSR count). The van der Waals surface area contributed by atoms with Crippen molar-refractivity contribution in [3.8, 4) is 0 Å². The molecular weight excluding hydrogens is 608 g/mol. The summed E-state index contributed by atoms with van der Waals surface area (Å²) in [5.74, 6) is -1.00. The number of carbonyl (C=O) groups is 2. The molecule has 2 heterocycles. The van der Waals surface area contributed by atoms with Gasteiger partial charge in [-0.25, -0.2) is 46.2 Å². The van der Waals surface area contributed by atoms with Crippen molar-refractivity contribution in [1.82, 2.24) is 19.9 Å². The maximum Gasteiger partial charge on any atom is 0.264 e. The van der Waals surface area contributed by atoms with Crippen LogP contribution in [-0.4, -0.2) is 48.6 Å². The number of hydrogen-bond donors (Lipinski definition) is 4. The van der Waals surface area contributed by atoms with Gasteiger partial charge in [0.15, 0.2) is 0 Å². The van der Waals surface area contributed by atoms with Crippen LogP contribution < -0.4 is 20.1 Å². The van der Waals surface area contributed by atoms with Crippen LogP contribution in [0.1, 0.15) is 35.6 Å². The third-order valence-corrected chi connectivity index (χ3v) is 8.58. The monoisotopic (exact) mass is 638 g/mol. The van der Waals surface area contributed by atoms with Crippen molar-refractivity contribution in [2.45, 2.75) is 50.3 Å². The van der Waals surface area contributed by atoms with E-state index in [2.05, 4.69) is 40.0 Å². The summed E-state index contributed by atoms with van der Waals surface area (Å²) in [6, 6.07) is 14.4. The van der Waals surface area contributed by atoms with Crippen LogP contribution in [0.2, 0.25) is 0 Å². The van der Waals surface area contributed by atoms with Gasteiger partial charge in [0.1, 0.15) is 0 Å². The highest BCUT2D eigenvalue weighted by molar-refractivity contribution is 7.93. The Balaban J connectivity index is 1.26. The number of benzene rings is 2. The van der Waals surface area contributed by atoms with Gasteiger partial charge in [-0.1, -0.05) is 0 Å². The number of amides is 2. The Labute approximate surface area is 254 Å². The highest BCUT2D eigenvalue weighted by atomic mass is 32.2. The molecule has 16 heteroatoms. The molecule has 4 N–H and O–H groups in total. The maximum absolute atomic E-state index is 12.7. The topological polar surface area (TPSA) is 202 Å². The molecule has 14 nitrogen and oxygen atoms in total. The van der Waals surface area contributed by atoms with Crippen LogP contribution in [0.4, 0.5) is 23.3 Å². The van der Waals surface area contributed by atoms with Crippen molar-refractivity contribution in [1.29, 1.82) is 0 Å². The average molecular weight is 639 g/mol. The number of nitrogens with zero attached hydrogens (tertiary/aromatic N) is 4. The van der Waals surface area contributed by atoms with Gasteiger partial charge >= 0.3 is 0 Å². The zero-order valence-corrected chi connectivity index (χ0v) is 25.9. The number of rotatable bonds is 11. The normalized spacial score (nSPS) is 11.5. The zero-order chi connectivity index (χ0) is 32.1. The minimum Gasteiger partial charge on any atom is -0.326 e. The minimum atomic E-state index is -3.96. The molecule has 4 aromatic rings. The van der Waals surface area contributed by atoms with Crippen molar-refractivity contribution >= 4 is 55.1 Å². The lowest BCUT2D eigenvalue weighted by Gasteiger charge is -2.10. The molecule has 0 aliphatic carbocycles. The van der Waals surface area contributed by atoms with E-state index < -0.39 is 31.9 Å². The lowest BCUT2D eigenvalue weighted by molar-refractivity contribution is -0.121. The molecular formula is C28H30N8O6S2. The molecule has 44 heavy (non-hydrogen) atoms. The second kappa shape index (κ2) is 13.1. The van der Waals surface area contributed by atoms with Gasteiger partial charge in [0.2, 0.25) is 23.7 Å². The van der Waals surface area contributed by atoms with E-state index in [1.54, 1.807) is 39.8 Å². The molecule has 2 amide bonds. The molecule has 2 aromatic carbocycles. The number of carbonyl (C=O) groups excluding carboxylic acids is 2. The lowest BCUT2D eigenvalue weighted by Crippen LogP contribution is -2.18. The first kappa shape index (κ1) is 32.0. The second-order valence-electron chi connectivity index (χ2n) is 9.80. The van der Waals surface area contributed by atoms with E-state index in [9.17, 15) is 26.4 Å². The molecule has 0 bridgehead atoms. The van der Waals surface area contributed by atoms with Crippen molar-refractivity contribution < 1.29 is 26.4 Å². The Morgan fingerprint density at radius 1 is 0.545 bits per heavy atom. The minimum absolute atomic E-state index is 0.0422. The molecule has 0 saturated heterocycles. The summed E-state index contributed by atoms with van der Waals surface area (Å²) in [5, 5.41) is 5.23. The highest BCUT2D eigenvalue weighted by Crippen LogP contribution is 2.19. The fourth-order valence-corrected chi connectivity index (χ4v) is 5.90. The van der Waals surface area contributed by atoms with E-state index in [0.29, 0.717) is 34.2 Å². The number of nitrogens with one attached hydrogen (secondary N) is 4. The predicted octanol–water partition coefficient (Wildman–Crippen LogP) is 3.46. The summed E-state index contributed by atoms with van der Waals surface area (Å²) in [7, 11) is -7.91. The fraction of sp³-hybridized carbons (Fsp3) is 0.214. The molecule has 0 aliphatic heterocycles. The zero-order valence-electron chi connectivity index (χ0n) is 24.2. The number of aryl methyl sites for hydroxylation is 4. The van der Waals surface area contributed by atoms with Gasteiger partial charge in [-0.2, -0.15) is 0 Å². The Morgan fingerprint density at radius 2 is 0.841 bits per heavy atom. The van der Waals surface area contributed by atoms with Gasteiger partial charge in [-0.3, -0.25) is 9.59 Å². The van der Waals surface area contributed by atoms with Crippen LogP contribution in [0.15, 0.2) is 70.5 Å². The van der Waals surface area contributed by atoms with Gasteiger partial charge < -0.3 is 10.6 Å². The summed E-state index contributed by atoms with van der Waals surface area (Å²) >= 11 is 0. The molecule has 0 saturated carbocycles. The van der Waals surface area contributed by atoms with E-state index in [1.165, 1.54) is 48.5 Å². The maximum atomic E-state index is 12.7. The van der Waals surface area contributed by atoms with Crippen molar-refractivity contribution in [2.24, 2.45) is 0 Å². The fourth-order valence-electron chi connectivity index (χ4n) is 4.01. The lowest BCUT2D eigenvalue weighted by atomic mass is 10.2. The summed E-state index contributed by atoms with van der Waals surface area (Å²) in [5.41, 5.74) is 3.14. The van der Waals surface area contributed by atoms with E-state index in [-0.39, 0.29) is 34.5 Å². The summed E-state index contributed by atoms with van der Waals surface area (Å²) in [6.45, 7) is 6.90. The van der Waals surface area contributed by atoms with Crippen LogP contribution in [-0.2, 0) is 29.6 Å². The van der Waals surface area contributed by atoms with Crippen LogP contribution in [0, 0.1) is 27.7 Å². The average Bonchev–Trinajstić information content (AvgIpc) is 2.91. The van der Waals surface area contributed by atoms with E-state index in [4.69, 9.17) is 0 Å². The number of anilines is 4. The Hall–Kier alpha value is -4.96. The van der Waals surface area contributed by atoms with Crippen molar-refractivity contribution in [2.75, 3.05) is 20.1 Å². The summed E-state index contributed by atoms with van der Waals surface area (Å²) < 4.78 is 55.4. The standard InChI is InChI=1S/C28H30N8O6S2/c1-17-15-18(2)30-27(29-17)35-43(39,40)23-9-5-21(6-10-23)33-25(37)13-14-26(38)34-22-7-11-24(12-8-22)44(41,42)36-28-31-19(3)16-20(4)32-28/h5-12,15-16H,13-14H2,1-4H3,(H,33,37)(H,34,38)(H,29,30,35)(H,31,32,36). The molecule has 0 atom stereocenters. The van der Waals surface area contributed by atoms with Crippen LogP contribution in [0.3, 0.4) is 0 Å². The summed E-state index contributed by atoms with van der Waals surface area (Å²) in [6.07, 6.45) is -0.298. The Bertz CT molecular complexity index is 1730. The van der Waals surface area contributed by atoms with Gasteiger partial charge in [0.25, 0.3) is 20.0 Å². The third kappa shape index (κ3) is 8.78. The van der Waals surface area contributed by atoms with Crippen LogP contribution in [0.25, 0.3) is 0 Å². The second-order valence-corrected chi connectivity index (χ2v) is 13.2. The molecule has 0 unspecified atom stereocenters. The molecule has 0 radical (unpaired) electrons. The summed E-state index contributed by atoms with van der Waals surface area (Å²) in [4.78, 5) is 41.0. The van der Waals surface area contributed by atoms with Gasteiger partial charge in [0, 0.05) is 47.0 Å². The van der Waals surface area contributed by atoms with Crippen LogP contribution >= 0.6 is 0 Å². The first-order valence-corrected chi connectivity index (χ1v) is 16.2. The molecule has 230 valence electrons. The van der Waals surface area contributed by atoms with Crippen molar-refractivity contribution in [3.63, 3.8) is 0 Å². The smallest absolute Gasteiger partial charge is 0.264 e. The quantitative estimate of drug-likeness (QED) is 0.188. The molecule has 2 aromatic heterocycles. The van der Waals surface area contributed by atoms with E-state index in [0.717, 1.165) is 0 Å². The molecule has 0 aliphatic rings. The van der Waals surface area contributed by atoms with Gasteiger partial charge in [-0.05, 0) is 88.4 Å². The molecule has 0 fully saturated rings. The van der Waals surface area contributed by atoms with E-state index >= 15 is 0 Å². The predicted molar refractivity (Wildman–Crippen MR) is 164 cm³/mol. The van der Waals surface area contributed by atoms with Crippen molar-refractivity contribution in [3.05, 3.63) is 83.4 Å². The highest BCUT2D eigenvalue weighted by Gasteiger charge is 2.18. The van der Waals surface area contributed by atoms with Gasteiger partial charge in [0.05, 0.1) is 9.79 Å². The Morgan fingerprint density at radius 3 is 1.14 bits per heavy atom. The molecule has 0 spiro atoms. The first-order valence-electron chi connectivity index (χ1n) is 13.2. The SMILES string of the molecule is Cc1cc(C)nc(NS(=O)(=O)c2ccc(NC(=O)CCC(=O)Nc3ccc(S(=O)(=O)Nc4nc(C)cc(C)n4)cc3)cc2)n1. The number of aromatic nitrogens is 4. The number of sulfonamides is 2.